The smallest absolute Gasteiger partial charge is 0.405 e. The Morgan fingerprint density at radius 2 is 1.94 bits per heavy atom. The quantitative estimate of drug-likeness (QED) is 0.326. The molecule has 0 N–H and O–H groups in total. The maximum absolute atomic E-state index is 15.0. The van der Waals surface area contributed by atoms with Gasteiger partial charge in [0.05, 0.1) is 31.8 Å². The zero-order valence-corrected chi connectivity index (χ0v) is 17.5. The number of ether oxygens (including phenoxy) is 3. The second-order valence-electron chi connectivity index (χ2n) is 7.37. The van der Waals surface area contributed by atoms with Gasteiger partial charge in [-0.3, -0.25) is 0 Å². The molecule has 1 aliphatic heterocycles. The topological polar surface area (TPSA) is 43.3 Å². The highest BCUT2D eigenvalue weighted by molar-refractivity contribution is 5.63. The van der Waals surface area contributed by atoms with Crippen LogP contribution in [0.15, 0.2) is 41.4 Å². The van der Waals surface area contributed by atoms with Crippen molar-refractivity contribution in [3.05, 3.63) is 58.9 Å². The van der Waals surface area contributed by atoms with Gasteiger partial charge < -0.3 is 19.1 Å². The predicted octanol–water partition coefficient (Wildman–Crippen LogP) is 5.09. The van der Waals surface area contributed by atoms with Gasteiger partial charge in [-0.2, -0.15) is 0 Å². The summed E-state index contributed by atoms with van der Waals surface area (Å²) in [5.41, 5.74) is 0.622. The summed E-state index contributed by atoms with van der Waals surface area (Å²) in [6.07, 6.45) is -3.20. The summed E-state index contributed by atoms with van der Waals surface area (Å²) in [5.74, 6) is -0.869. The number of alkyl halides is 3. The second kappa shape index (κ2) is 9.23. The van der Waals surface area contributed by atoms with Crippen LogP contribution in [0, 0.1) is 12.7 Å². The molecule has 1 heterocycles. The average Bonchev–Trinajstić information content (AvgIpc) is 2.68. The monoisotopic (exact) mass is 440 g/mol. The van der Waals surface area contributed by atoms with E-state index in [0.29, 0.717) is 5.69 Å². The van der Waals surface area contributed by atoms with Gasteiger partial charge in [0.15, 0.2) is 0 Å². The van der Waals surface area contributed by atoms with Gasteiger partial charge in [0.25, 0.3) is 0 Å². The van der Waals surface area contributed by atoms with Crippen LogP contribution in [0.2, 0.25) is 0 Å². The molecule has 0 atom stereocenters. The fourth-order valence-electron chi connectivity index (χ4n) is 3.07. The molecule has 9 heteroatoms. The SMILES string of the molecule is CCN(C)C=Nc1cc(F)c(C2(OCc3ccccc3OC(F)(F)F)COC2)cc1C. The lowest BCUT2D eigenvalue weighted by molar-refractivity contribution is -0.275. The third-order valence-corrected chi connectivity index (χ3v) is 5.04. The highest BCUT2D eigenvalue weighted by Crippen LogP contribution is 2.39. The standard InChI is InChI=1S/C22H24F4N2O3/c1-4-28(3)14-27-19-10-18(23)17(9-15(19)2)21(12-29-13-21)30-11-16-7-5-6-8-20(16)31-22(24,25)26/h5-10,14H,4,11-13H2,1-3H3. The first-order chi connectivity index (χ1) is 14.6. The lowest BCUT2D eigenvalue weighted by Crippen LogP contribution is -2.49. The summed E-state index contributed by atoms with van der Waals surface area (Å²) in [6.45, 7) is 4.52. The number of halogens is 4. The first kappa shape index (κ1) is 23.0. The van der Waals surface area contributed by atoms with E-state index in [0.717, 1.165) is 12.1 Å². The molecule has 0 radical (unpaired) electrons. The van der Waals surface area contributed by atoms with Crippen LogP contribution in [0.1, 0.15) is 23.6 Å². The van der Waals surface area contributed by atoms with Crippen LogP contribution in [0.5, 0.6) is 5.75 Å². The van der Waals surface area contributed by atoms with Gasteiger partial charge in [0.2, 0.25) is 0 Å². The summed E-state index contributed by atoms with van der Waals surface area (Å²) in [5, 5.41) is 0. The van der Waals surface area contributed by atoms with Crippen LogP contribution in [0.3, 0.4) is 0 Å². The van der Waals surface area contributed by atoms with Crippen LogP contribution in [-0.4, -0.2) is 44.4 Å². The second-order valence-corrected chi connectivity index (χ2v) is 7.37. The highest BCUT2D eigenvalue weighted by atomic mass is 19.4. The number of benzene rings is 2. The molecule has 5 nitrogen and oxygen atoms in total. The van der Waals surface area contributed by atoms with Gasteiger partial charge in [-0.1, -0.05) is 18.2 Å². The number of para-hydroxylation sites is 1. The lowest BCUT2D eigenvalue weighted by Gasteiger charge is -2.42. The lowest BCUT2D eigenvalue weighted by atomic mass is 9.89. The molecule has 168 valence electrons. The molecular formula is C22H24F4N2O3. The Kier molecular flexibility index (Phi) is 6.86. The maximum Gasteiger partial charge on any atom is 0.573 e. The molecule has 0 spiro atoms. The molecule has 1 fully saturated rings. The molecule has 0 saturated carbocycles. The third kappa shape index (κ3) is 5.54. The zero-order chi connectivity index (χ0) is 22.6. The Morgan fingerprint density at radius 1 is 1.23 bits per heavy atom. The van der Waals surface area contributed by atoms with Crippen molar-refractivity contribution in [3.8, 4) is 5.75 Å². The van der Waals surface area contributed by atoms with E-state index in [9.17, 15) is 17.6 Å². The number of nitrogens with zero attached hydrogens (tertiary/aromatic N) is 2. The van der Waals surface area contributed by atoms with Gasteiger partial charge >= 0.3 is 6.36 Å². The van der Waals surface area contributed by atoms with Crippen molar-refractivity contribution >= 4 is 12.0 Å². The van der Waals surface area contributed by atoms with Crippen LogP contribution >= 0.6 is 0 Å². The summed E-state index contributed by atoms with van der Waals surface area (Å²) in [4.78, 5) is 6.17. The molecule has 0 bridgehead atoms. The molecule has 0 unspecified atom stereocenters. The van der Waals surface area contributed by atoms with E-state index in [1.54, 1.807) is 25.4 Å². The Balaban J connectivity index is 1.82. The Hall–Kier alpha value is -2.65. The van der Waals surface area contributed by atoms with Gasteiger partial charge in [0, 0.05) is 30.8 Å². The molecule has 3 rings (SSSR count). The van der Waals surface area contributed by atoms with Crippen molar-refractivity contribution in [1.29, 1.82) is 0 Å². The summed E-state index contributed by atoms with van der Waals surface area (Å²) < 4.78 is 68.2. The molecule has 1 saturated heterocycles. The van der Waals surface area contributed by atoms with Crippen molar-refractivity contribution in [1.82, 2.24) is 4.90 Å². The van der Waals surface area contributed by atoms with Gasteiger partial charge in [0.1, 0.15) is 17.2 Å². The minimum atomic E-state index is -4.82. The molecule has 0 aromatic heterocycles. The van der Waals surface area contributed by atoms with Crippen molar-refractivity contribution in [3.63, 3.8) is 0 Å². The third-order valence-electron chi connectivity index (χ3n) is 5.04. The zero-order valence-electron chi connectivity index (χ0n) is 17.5. The Labute approximate surface area is 178 Å². The average molecular weight is 440 g/mol. The molecule has 2 aromatic carbocycles. The van der Waals surface area contributed by atoms with Gasteiger partial charge in [-0.25, -0.2) is 9.38 Å². The first-order valence-electron chi connectivity index (χ1n) is 9.74. The predicted molar refractivity (Wildman–Crippen MR) is 108 cm³/mol. The highest BCUT2D eigenvalue weighted by Gasteiger charge is 2.44. The minimum Gasteiger partial charge on any atom is -0.405 e. The first-order valence-corrected chi connectivity index (χ1v) is 9.74. The van der Waals surface area contributed by atoms with E-state index in [-0.39, 0.29) is 36.7 Å². The van der Waals surface area contributed by atoms with Crippen molar-refractivity contribution < 1.29 is 31.8 Å². The molecule has 2 aromatic rings. The number of aliphatic imine (C=N–C) groups is 1. The van der Waals surface area contributed by atoms with Crippen LogP contribution in [0.4, 0.5) is 23.2 Å². The number of hydrogen-bond donors (Lipinski definition) is 0. The van der Waals surface area contributed by atoms with E-state index in [1.807, 2.05) is 18.9 Å². The van der Waals surface area contributed by atoms with E-state index < -0.39 is 17.8 Å². The molecule has 1 aliphatic rings. The van der Waals surface area contributed by atoms with Crippen molar-refractivity contribution in [2.75, 3.05) is 26.8 Å². The van der Waals surface area contributed by atoms with Crippen LogP contribution in [-0.2, 0) is 21.7 Å². The molecule has 0 aliphatic carbocycles. The van der Waals surface area contributed by atoms with Crippen LogP contribution < -0.4 is 4.74 Å². The Bertz CT molecular complexity index is 943. The normalized spacial score (nSPS) is 15.7. The summed E-state index contributed by atoms with van der Waals surface area (Å²) in [6, 6.07) is 8.67. The van der Waals surface area contributed by atoms with E-state index in [4.69, 9.17) is 9.47 Å². The summed E-state index contributed by atoms with van der Waals surface area (Å²) in [7, 11) is 1.86. The van der Waals surface area contributed by atoms with E-state index in [1.165, 1.54) is 24.3 Å². The van der Waals surface area contributed by atoms with Crippen molar-refractivity contribution in [2.45, 2.75) is 32.4 Å². The van der Waals surface area contributed by atoms with Crippen molar-refractivity contribution in [2.24, 2.45) is 4.99 Å². The van der Waals surface area contributed by atoms with E-state index in [2.05, 4.69) is 9.73 Å². The summed E-state index contributed by atoms with van der Waals surface area (Å²) >= 11 is 0. The maximum atomic E-state index is 15.0. The molecule has 31 heavy (non-hydrogen) atoms. The molecular weight excluding hydrogens is 416 g/mol. The van der Waals surface area contributed by atoms with Gasteiger partial charge in [-0.05, 0) is 31.5 Å². The van der Waals surface area contributed by atoms with Crippen LogP contribution in [0.25, 0.3) is 0 Å². The Morgan fingerprint density at radius 3 is 2.55 bits per heavy atom. The van der Waals surface area contributed by atoms with E-state index >= 15 is 0 Å². The minimum absolute atomic E-state index is 0.0901. The fraction of sp³-hybridized carbons (Fsp3) is 0.409. The van der Waals surface area contributed by atoms with Gasteiger partial charge in [-0.15, -0.1) is 13.2 Å². The number of hydrogen-bond acceptors (Lipinski definition) is 4. The molecule has 0 amide bonds. The fourth-order valence-corrected chi connectivity index (χ4v) is 3.07. The number of aryl methyl sites for hydroxylation is 1. The number of rotatable bonds is 8. The largest absolute Gasteiger partial charge is 0.573 e.